The molecule has 0 spiro atoms. The fourth-order valence-corrected chi connectivity index (χ4v) is 0.745. The molecule has 0 unspecified atom stereocenters. The van der Waals surface area contributed by atoms with Crippen LogP contribution >= 0.6 is 11.6 Å². The molecule has 1 aromatic rings. The third kappa shape index (κ3) is 8.77. The Bertz CT molecular complexity index is 408. The second-order valence-corrected chi connectivity index (χ2v) is 4.22. The van der Waals surface area contributed by atoms with Gasteiger partial charge in [0.25, 0.3) is 0 Å². The quantitative estimate of drug-likeness (QED) is 0.283. The first-order valence-electron chi connectivity index (χ1n) is 3.82. The van der Waals surface area contributed by atoms with Crippen LogP contribution in [-0.4, -0.2) is 44.7 Å². The Morgan fingerprint density at radius 2 is 1.53 bits per heavy atom. The minimum atomic E-state index is -5.84. The minimum absolute atomic E-state index is 0. The molecule has 0 aliphatic heterocycles. The van der Waals surface area contributed by atoms with Crippen LogP contribution in [0.2, 0.25) is 0 Å². The van der Waals surface area contributed by atoms with Crippen LogP contribution in [-0.2, 0) is 16.0 Å². The Morgan fingerprint density at radius 3 is 1.71 bits per heavy atom. The van der Waals surface area contributed by atoms with Crippen LogP contribution in [0.5, 0.6) is 0 Å². The van der Waals surface area contributed by atoms with Crippen molar-refractivity contribution in [1.29, 1.82) is 0 Å². The Balaban J connectivity index is 0. The Labute approximate surface area is 121 Å². The van der Waals surface area contributed by atoms with Crippen LogP contribution in [0.25, 0.3) is 0 Å². The number of benzene rings is 1. The molecule has 3 nitrogen and oxygen atoms in total. The van der Waals surface area contributed by atoms with Crippen LogP contribution in [0.1, 0.15) is 5.56 Å². The summed E-state index contributed by atoms with van der Waals surface area (Å²) in [6.07, 6.45) is 0. The van der Waals surface area contributed by atoms with Crippen molar-refractivity contribution in [2.75, 3.05) is 0 Å². The van der Waals surface area contributed by atoms with E-state index in [4.69, 9.17) is 24.6 Å². The zero-order chi connectivity index (χ0) is 12.8. The molecule has 1 rings (SSSR count). The van der Waals surface area contributed by atoms with Gasteiger partial charge in [-0.15, -0.1) is 11.6 Å². The molecular formula is C8H11BiClF3O3S. The molecule has 0 bridgehead atoms. The normalized spacial score (nSPS) is 10.9. The number of hydrogen-bond acceptors (Lipinski definition) is 2. The van der Waals surface area contributed by atoms with Gasteiger partial charge in [-0.3, -0.25) is 4.55 Å². The molecule has 0 radical (unpaired) electrons. The average molecular weight is 489 g/mol. The fraction of sp³-hybridized carbons (Fsp3) is 0.250. The molecule has 0 aliphatic carbocycles. The molecule has 0 saturated heterocycles. The summed E-state index contributed by atoms with van der Waals surface area (Å²) in [6, 6.07) is 9.96. The molecule has 9 heteroatoms. The second kappa shape index (κ2) is 8.24. The second-order valence-electron chi connectivity index (χ2n) is 2.54. The monoisotopic (exact) mass is 488 g/mol. The van der Waals surface area contributed by atoms with E-state index >= 15 is 0 Å². The molecule has 0 fully saturated rings. The predicted octanol–water partition coefficient (Wildman–Crippen LogP) is 1.64. The van der Waals surface area contributed by atoms with E-state index in [2.05, 4.69) is 0 Å². The van der Waals surface area contributed by atoms with Crippen molar-refractivity contribution >= 4 is 47.9 Å². The van der Waals surface area contributed by atoms with Gasteiger partial charge in [-0.05, 0) is 5.56 Å². The topological polar surface area (TPSA) is 54.4 Å². The summed E-state index contributed by atoms with van der Waals surface area (Å²) in [4.78, 5) is 0. The van der Waals surface area contributed by atoms with Gasteiger partial charge in [-0.25, -0.2) is 0 Å². The standard InChI is InChI=1S/C7H7Cl.CHF3O3S.Bi.3H/c8-6-7-4-2-1-3-5-7;2-1(3,4)8(5,6)7;;;;/h1-5H,6H2;(H,5,6,7);;;;. The van der Waals surface area contributed by atoms with Gasteiger partial charge < -0.3 is 0 Å². The molecule has 0 heterocycles. The van der Waals surface area contributed by atoms with Crippen molar-refractivity contribution in [3.8, 4) is 0 Å². The number of rotatable bonds is 1. The maximum atomic E-state index is 10.7. The van der Waals surface area contributed by atoms with Gasteiger partial charge in [0, 0.05) is 5.88 Å². The van der Waals surface area contributed by atoms with Gasteiger partial charge in [-0.1, -0.05) is 30.3 Å². The number of hydrogen-bond donors (Lipinski definition) is 1. The Hall–Kier alpha value is 0.0931. The summed E-state index contributed by atoms with van der Waals surface area (Å²) in [5, 5.41) is 0. The van der Waals surface area contributed by atoms with Crippen molar-refractivity contribution in [2.45, 2.75) is 11.4 Å². The van der Waals surface area contributed by atoms with E-state index in [-0.39, 0.29) is 26.2 Å². The van der Waals surface area contributed by atoms with Crippen molar-refractivity contribution in [3.63, 3.8) is 0 Å². The van der Waals surface area contributed by atoms with Crippen molar-refractivity contribution < 1.29 is 26.1 Å². The van der Waals surface area contributed by atoms with E-state index < -0.39 is 15.6 Å². The van der Waals surface area contributed by atoms with E-state index in [1.54, 1.807) is 0 Å². The molecule has 1 N–H and O–H groups in total. The van der Waals surface area contributed by atoms with Crippen molar-refractivity contribution in [3.05, 3.63) is 35.9 Å². The van der Waals surface area contributed by atoms with Crippen molar-refractivity contribution in [2.24, 2.45) is 0 Å². The third-order valence-corrected chi connectivity index (χ3v) is 2.18. The van der Waals surface area contributed by atoms with Gasteiger partial charge in [-0.2, -0.15) is 21.6 Å². The van der Waals surface area contributed by atoms with Crippen LogP contribution in [0.3, 0.4) is 0 Å². The molecule has 0 aliphatic rings. The first-order chi connectivity index (χ1) is 7.18. The Morgan fingerprint density at radius 1 is 1.18 bits per heavy atom. The summed E-state index contributed by atoms with van der Waals surface area (Å²) >= 11 is 5.53. The molecular weight excluding hydrogens is 478 g/mol. The zero-order valence-electron chi connectivity index (χ0n) is 8.48. The van der Waals surface area contributed by atoms with Crippen LogP contribution in [0.15, 0.2) is 30.3 Å². The van der Waals surface area contributed by atoms with E-state index in [9.17, 15) is 13.2 Å². The number of alkyl halides is 4. The van der Waals surface area contributed by atoms with Gasteiger partial charge in [0.1, 0.15) is 0 Å². The van der Waals surface area contributed by atoms with E-state index in [0.717, 1.165) is 0 Å². The maximum absolute atomic E-state index is 10.7. The average Bonchev–Trinajstić information content (AvgIpc) is 2.17. The van der Waals surface area contributed by atoms with Crippen LogP contribution < -0.4 is 0 Å². The SMILES string of the molecule is ClCc1ccccc1.O=S(=O)(O)C(F)(F)F.[BiH3]. The van der Waals surface area contributed by atoms with Gasteiger partial charge in [0.05, 0.1) is 0 Å². The Kier molecular flexibility index (Phi) is 9.42. The van der Waals surface area contributed by atoms with Gasteiger partial charge >= 0.3 is 41.8 Å². The predicted molar refractivity (Wildman–Crippen MR) is 63.5 cm³/mol. The zero-order valence-corrected chi connectivity index (χ0v) is 15.6. The first-order valence-corrected chi connectivity index (χ1v) is 5.79. The molecule has 0 amide bonds. The summed E-state index contributed by atoms with van der Waals surface area (Å²) in [5.74, 6) is 0.612. The molecule has 17 heavy (non-hydrogen) atoms. The van der Waals surface area contributed by atoms with Gasteiger partial charge in [0.2, 0.25) is 0 Å². The van der Waals surface area contributed by atoms with E-state index in [1.165, 1.54) is 5.56 Å². The van der Waals surface area contributed by atoms with Crippen LogP contribution in [0, 0.1) is 0 Å². The van der Waals surface area contributed by atoms with Crippen LogP contribution in [0.4, 0.5) is 13.2 Å². The molecule has 0 atom stereocenters. The first kappa shape index (κ1) is 19.4. The molecule has 0 aromatic heterocycles. The van der Waals surface area contributed by atoms with E-state index in [0.29, 0.717) is 5.88 Å². The van der Waals surface area contributed by atoms with Crippen molar-refractivity contribution in [1.82, 2.24) is 0 Å². The van der Waals surface area contributed by atoms with E-state index in [1.807, 2.05) is 30.3 Å². The summed E-state index contributed by atoms with van der Waals surface area (Å²) in [6.45, 7) is 0. The third-order valence-electron chi connectivity index (χ3n) is 1.29. The molecule has 1 aromatic carbocycles. The molecule has 100 valence electrons. The van der Waals surface area contributed by atoms with Gasteiger partial charge in [0.15, 0.2) is 0 Å². The fourth-order valence-electron chi connectivity index (χ4n) is 0.567. The summed E-state index contributed by atoms with van der Waals surface area (Å²) < 4.78 is 57.5. The number of halogens is 4. The summed E-state index contributed by atoms with van der Waals surface area (Å²) in [7, 11) is -5.84. The molecule has 0 saturated carbocycles. The summed E-state index contributed by atoms with van der Waals surface area (Å²) in [5.41, 5.74) is -4.36.